The summed E-state index contributed by atoms with van der Waals surface area (Å²) in [5, 5.41) is 0. The van der Waals surface area contributed by atoms with E-state index in [0.717, 1.165) is 5.56 Å². The molecule has 0 amide bonds. The van der Waals surface area contributed by atoms with E-state index in [1.807, 2.05) is 37.3 Å². The van der Waals surface area contributed by atoms with Crippen molar-refractivity contribution in [3.63, 3.8) is 0 Å². The van der Waals surface area contributed by atoms with Crippen LogP contribution in [0, 0.1) is 12.3 Å². The molecule has 0 spiro atoms. The number of hydrogen-bond donors (Lipinski definition) is 0. The Hall–Kier alpha value is -3.61. The van der Waals surface area contributed by atoms with Gasteiger partial charge in [-0.2, -0.15) is 0 Å². The zero-order chi connectivity index (χ0) is 25.8. The molecule has 1 aromatic heterocycles. The lowest BCUT2D eigenvalue weighted by Gasteiger charge is -2.25. The molecule has 0 unspecified atom stereocenters. The molecule has 1 aliphatic heterocycles. The summed E-state index contributed by atoms with van der Waals surface area (Å²) in [6.07, 6.45) is 7.58. The third kappa shape index (κ3) is 4.74. The van der Waals surface area contributed by atoms with Crippen molar-refractivity contribution in [2.45, 2.75) is 19.4 Å². The first-order chi connectivity index (χ1) is 17.4. The molecule has 0 radical (unpaired) electrons. The van der Waals surface area contributed by atoms with Crippen molar-refractivity contribution in [2.75, 3.05) is 20.8 Å². The van der Waals surface area contributed by atoms with Crippen molar-refractivity contribution < 1.29 is 19.0 Å². The molecule has 9 heteroatoms. The highest BCUT2D eigenvalue weighted by Gasteiger charge is 2.33. The summed E-state index contributed by atoms with van der Waals surface area (Å²) in [7, 11) is 2.86. The summed E-state index contributed by atoms with van der Waals surface area (Å²) in [6, 6.07) is 12.3. The normalized spacial score (nSPS) is 15.1. The van der Waals surface area contributed by atoms with Crippen molar-refractivity contribution in [2.24, 2.45) is 4.99 Å². The predicted octanol–water partition coefficient (Wildman–Crippen LogP) is 3.58. The Morgan fingerprint density at radius 2 is 2.00 bits per heavy atom. The number of ether oxygens (including phenoxy) is 3. The average molecular weight is 567 g/mol. The van der Waals surface area contributed by atoms with Gasteiger partial charge in [-0.05, 0) is 35.8 Å². The largest absolute Gasteiger partial charge is 0.493 e. The quantitative estimate of drug-likeness (QED) is 0.322. The van der Waals surface area contributed by atoms with Crippen LogP contribution < -0.4 is 24.4 Å². The number of methoxy groups -OCH3 is 2. The molecule has 0 saturated carbocycles. The van der Waals surface area contributed by atoms with E-state index in [-0.39, 0.29) is 12.2 Å². The Labute approximate surface area is 220 Å². The fourth-order valence-corrected chi connectivity index (χ4v) is 5.46. The summed E-state index contributed by atoms with van der Waals surface area (Å²) in [6.45, 7) is 2.02. The van der Waals surface area contributed by atoms with Crippen LogP contribution in [0.1, 0.15) is 30.5 Å². The van der Waals surface area contributed by atoms with Crippen LogP contribution in [0.4, 0.5) is 0 Å². The van der Waals surface area contributed by atoms with Crippen LogP contribution in [-0.4, -0.2) is 31.4 Å². The maximum Gasteiger partial charge on any atom is 0.338 e. The third-order valence-corrected chi connectivity index (χ3v) is 7.32. The number of terminal acetylenes is 1. The van der Waals surface area contributed by atoms with E-state index in [1.165, 1.54) is 25.6 Å². The number of rotatable bonds is 7. The molecule has 0 fully saturated rings. The minimum absolute atomic E-state index is 0.0997. The second-order valence-corrected chi connectivity index (χ2v) is 9.58. The zero-order valence-electron chi connectivity index (χ0n) is 19.9. The maximum absolute atomic E-state index is 13.7. The van der Waals surface area contributed by atoms with Gasteiger partial charge < -0.3 is 14.2 Å². The van der Waals surface area contributed by atoms with Crippen LogP contribution in [0.25, 0.3) is 6.08 Å². The van der Waals surface area contributed by atoms with Gasteiger partial charge in [-0.25, -0.2) is 9.79 Å². The summed E-state index contributed by atoms with van der Waals surface area (Å²) in [5.41, 5.74) is 2.21. The van der Waals surface area contributed by atoms with Crippen molar-refractivity contribution in [1.82, 2.24) is 4.57 Å². The molecule has 7 nitrogen and oxygen atoms in total. The van der Waals surface area contributed by atoms with Gasteiger partial charge in [-0.3, -0.25) is 9.36 Å². The number of thiazole rings is 1. The Morgan fingerprint density at radius 3 is 2.64 bits per heavy atom. The minimum Gasteiger partial charge on any atom is -0.493 e. The number of fused-ring (bicyclic) bond motifs is 1. The lowest BCUT2D eigenvalue weighted by atomic mass is 9.95. The topological polar surface area (TPSA) is 79.1 Å². The Bertz CT molecular complexity index is 1560. The number of halogens is 1. The van der Waals surface area contributed by atoms with Crippen LogP contribution in [0.3, 0.4) is 0 Å². The van der Waals surface area contributed by atoms with Gasteiger partial charge in [0.2, 0.25) is 0 Å². The number of hydrogen-bond acceptors (Lipinski definition) is 7. The Kier molecular flexibility index (Phi) is 7.77. The van der Waals surface area contributed by atoms with Crippen molar-refractivity contribution >= 4 is 39.3 Å². The number of benzene rings is 2. The average Bonchev–Trinajstić information content (AvgIpc) is 3.21. The molecule has 2 heterocycles. The number of carbonyl (C=O) groups excluding carboxylic acids is 1. The first kappa shape index (κ1) is 25.5. The molecule has 0 aliphatic carbocycles. The van der Waals surface area contributed by atoms with Crippen LogP contribution in [0.5, 0.6) is 11.5 Å². The van der Waals surface area contributed by atoms with E-state index in [1.54, 1.807) is 22.8 Å². The smallest absolute Gasteiger partial charge is 0.338 e. The summed E-state index contributed by atoms with van der Waals surface area (Å²) in [5.74, 6) is 2.89. The van der Waals surface area contributed by atoms with Crippen molar-refractivity contribution in [3.8, 4) is 23.8 Å². The Balaban J connectivity index is 1.94. The maximum atomic E-state index is 13.7. The van der Waals surface area contributed by atoms with Crippen LogP contribution in [0.15, 0.2) is 68.0 Å². The molecule has 2 aromatic carbocycles. The van der Waals surface area contributed by atoms with E-state index in [4.69, 9.17) is 20.6 Å². The van der Waals surface area contributed by atoms with Gasteiger partial charge in [0, 0.05) is 4.47 Å². The van der Waals surface area contributed by atoms with E-state index >= 15 is 0 Å². The van der Waals surface area contributed by atoms with Crippen molar-refractivity contribution in [3.05, 3.63) is 89.0 Å². The second kappa shape index (κ2) is 11.0. The molecule has 1 atom stereocenters. The van der Waals surface area contributed by atoms with Gasteiger partial charge >= 0.3 is 5.97 Å². The number of carbonyl (C=O) groups is 1. The van der Waals surface area contributed by atoms with Gasteiger partial charge in [-0.15, -0.1) is 6.42 Å². The fourth-order valence-electron chi connectivity index (χ4n) is 4.01. The number of aromatic nitrogens is 1. The SMILES string of the molecule is C#CCOc1cc(Br)c(/C=c2\sc3n(c2=O)[C@H](c2ccccc2)C(C(=O)OC)=C(CC)N=3)cc1OC. The molecule has 4 rings (SSSR count). The molecule has 3 aromatic rings. The van der Waals surface area contributed by atoms with Gasteiger partial charge in [0.1, 0.15) is 6.61 Å². The highest BCUT2D eigenvalue weighted by atomic mass is 79.9. The first-order valence-corrected chi connectivity index (χ1v) is 12.7. The van der Waals surface area contributed by atoms with Crippen LogP contribution in [0.2, 0.25) is 0 Å². The summed E-state index contributed by atoms with van der Waals surface area (Å²) >= 11 is 4.81. The molecular formula is C27H23BrN2O5S. The van der Waals surface area contributed by atoms with E-state index in [0.29, 0.717) is 48.6 Å². The van der Waals surface area contributed by atoms with Gasteiger partial charge in [0.15, 0.2) is 16.3 Å². The standard InChI is InChI=1S/C27H23BrN2O5S/c1-5-12-35-21-15-18(28)17(13-20(21)33-3)14-22-25(31)30-24(16-10-8-7-9-11-16)23(26(32)34-4)19(6-2)29-27(30)36-22/h1,7-11,13-15,24H,6,12H2,2-4H3/b22-14-/t24-/m1/s1. The van der Waals surface area contributed by atoms with E-state index < -0.39 is 12.0 Å². The number of esters is 1. The van der Waals surface area contributed by atoms with Gasteiger partial charge in [0.25, 0.3) is 5.56 Å². The van der Waals surface area contributed by atoms with Crippen LogP contribution in [-0.2, 0) is 9.53 Å². The third-order valence-electron chi connectivity index (χ3n) is 5.65. The van der Waals surface area contributed by atoms with E-state index in [9.17, 15) is 9.59 Å². The van der Waals surface area contributed by atoms with Crippen molar-refractivity contribution in [1.29, 1.82) is 0 Å². The van der Waals surface area contributed by atoms with Crippen LogP contribution >= 0.6 is 27.3 Å². The molecule has 0 N–H and O–H groups in total. The summed E-state index contributed by atoms with van der Waals surface area (Å²) < 4.78 is 18.8. The van der Waals surface area contributed by atoms with E-state index in [2.05, 4.69) is 26.8 Å². The molecule has 1 aliphatic rings. The molecule has 184 valence electrons. The monoisotopic (exact) mass is 566 g/mol. The molecule has 36 heavy (non-hydrogen) atoms. The predicted molar refractivity (Wildman–Crippen MR) is 142 cm³/mol. The minimum atomic E-state index is -0.649. The fraction of sp³-hybridized carbons (Fsp3) is 0.222. The Morgan fingerprint density at radius 1 is 1.25 bits per heavy atom. The molecular weight excluding hydrogens is 544 g/mol. The zero-order valence-corrected chi connectivity index (χ0v) is 22.3. The van der Waals surface area contributed by atoms with Gasteiger partial charge in [0.05, 0.1) is 36.1 Å². The summed E-state index contributed by atoms with van der Waals surface area (Å²) in [4.78, 5) is 31.8. The molecule has 0 bridgehead atoms. The first-order valence-electron chi connectivity index (χ1n) is 11.0. The number of allylic oxidation sites excluding steroid dienone is 1. The lowest BCUT2D eigenvalue weighted by molar-refractivity contribution is -0.136. The highest BCUT2D eigenvalue weighted by Crippen LogP contribution is 2.34. The highest BCUT2D eigenvalue weighted by molar-refractivity contribution is 9.10. The second-order valence-electron chi connectivity index (χ2n) is 7.72. The number of nitrogens with zero attached hydrogens (tertiary/aromatic N) is 2. The lowest BCUT2D eigenvalue weighted by Crippen LogP contribution is -2.40. The molecule has 0 saturated heterocycles. The van der Waals surface area contributed by atoms with Gasteiger partial charge in [-0.1, -0.05) is 70.4 Å².